The SMILES string of the molecule is CN(Cc1cccnc1)c1ccc(Cl)cc1/C=C/C(=O)O. The van der Waals surface area contributed by atoms with Crippen molar-refractivity contribution < 1.29 is 9.90 Å². The van der Waals surface area contributed by atoms with Crippen LogP contribution in [0.25, 0.3) is 6.08 Å². The second-order valence-electron chi connectivity index (χ2n) is 4.59. The molecule has 1 aromatic heterocycles. The number of aromatic nitrogens is 1. The van der Waals surface area contributed by atoms with Crippen molar-refractivity contribution in [3.63, 3.8) is 0 Å². The van der Waals surface area contributed by atoms with E-state index < -0.39 is 5.97 Å². The summed E-state index contributed by atoms with van der Waals surface area (Å²) in [7, 11) is 1.94. The van der Waals surface area contributed by atoms with Crippen LogP contribution in [0.2, 0.25) is 5.02 Å². The van der Waals surface area contributed by atoms with Crippen LogP contribution in [0.4, 0.5) is 5.69 Å². The quantitative estimate of drug-likeness (QED) is 0.859. The first-order chi connectivity index (χ1) is 10.1. The topological polar surface area (TPSA) is 53.4 Å². The lowest BCUT2D eigenvalue weighted by atomic mass is 10.1. The van der Waals surface area contributed by atoms with E-state index in [9.17, 15) is 4.79 Å². The molecule has 0 saturated carbocycles. The summed E-state index contributed by atoms with van der Waals surface area (Å²) < 4.78 is 0. The number of carbonyl (C=O) groups is 1. The van der Waals surface area contributed by atoms with Crippen LogP contribution in [0.15, 0.2) is 48.8 Å². The van der Waals surface area contributed by atoms with Gasteiger partial charge in [0.25, 0.3) is 0 Å². The molecule has 0 saturated heterocycles. The van der Waals surface area contributed by atoms with Gasteiger partial charge in [0, 0.05) is 42.8 Å². The zero-order chi connectivity index (χ0) is 15.2. The van der Waals surface area contributed by atoms with Gasteiger partial charge in [-0.25, -0.2) is 4.79 Å². The molecule has 0 amide bonds. The van der Waals surface area contributed by atoms with Gasteiger partial charge in [0.15, 0.2) is 0 Å². The lowest BCUT2D eigenvalue weighted by molar-refractivity contribution is -0.131. The minimum Gasteiger partial charge on any atom is -0.478 e. The third kappa shape index (κ3) is 4.33. The van der Waals surface area contributed by atoms with Gasteiger partial charge in [-0.15, -0.1) is 0 Å². The van der Waals surface area contributed by atoms with Crippen molar-refractivity contribution in [1.29, 1.82) is 0 Å². The highest BCUT2D eigenvalue weighted by Gasteiger charge is 2.07. The zero-order valence-corrected chi connectivity index (χ0v) is 12.3. The van der Waals surface area contributed by atoms with Crippen molar-refractivity contribution >= 4 is 29.3 Å². The molecule has 108 valence electrons. The Bertz CT molecular complexity index is 657. The maximum Gasteiger partial charge on any atom is 0.328 e. The van der Waals surface area contributed by atoms with Crippen LogP contribution < -0.4 is 4.90 Å². The molecule has 0 unspecified atom stereocenters. The highest BCUT2D eigenvalue weighted by atomic mass is 35.5. The molecular weight excluding hydrogens is 288 g/mol. The Morgan fingerprint density at radius 1 is 1.43 bits per heavy atom. The van der Waals surface area contributed by atoms with E-state index in [1.165, 1.54) is 0 Å². The van der Waals surface area contributed by atoms with E-state index in [-0.39, 0.29) is 0 Å². The Morgan fingerprint density at radius 3 is 2.90 bits per heavy atom. The molecule has 0 aliphatic carbocycles. The number of hydrogen-bond donors (Lipinski definition) is 1. The Hall–Kier alpha value is -2.33. The molecule has 4 nitrogen and oxygen atoms in total. The van der Waals surface area contributed by atoms with Gasteiger partial charge in [0.05, 0.1) is 0 Å². The summed E-state index contributed by atoms with van der Waals surface area (Å²) in [6.07, 6.45) is 6.18. The maximum atomic E-state index is 10.7. The average Bonchev–Trinajstić information content (AvgIpc) is 2.46. The van der Waals surface area contributed by atoms with E-state index >= 15 is 0 Å². The van der Waals surface area contributed by atoms with Crippen molar-refractivity contribution in [3.05, 3.63) is 65.0 Å². The molecule has 21 heavy (non-hydrogen) atoms. The highest BCUT2D eigenvalue weighted by molar-refractivity contribution is 6.30. The van der Waals surface area contributed by atoms with Gasteiger partial charge >= 0.3 is 5.97 Å². The molecule has 5 heteroatoms. The van der Waals surface area contributed by atoms with Crippen LogP contribution in [0.1, 0.15) is 11.1 Å². The molecule has 0 atom stereocenters. The van der Waals surface area contributed by atoms with Gasteiger partial charge in [0.2, 0.25) is 0 Å². The van der Waals surface area contributed by atoms with E-state index in [4.69, 9.17) is 16.7 Å². The Labute approximate surface area is 128 Å². The fraction of sp³-hybridized carbons (Fsp3) is 0.125. The molecule has 2 aromatic rings. The number of rotatable bonds is 5. The summed E-state index contributed by atoms with van der Waals surface area (Å²) in [6.45, 7) is 0.670. The number of carboxylic acid groups (broad SMARTS) is 1. The Balaban J connectivity index is 2.27. The predicted molar refractivity (Wildman–Crippen MR) is 84.5 cm³/mol. The summed E-state index contributed by atoms with van der Waals surface area (Å²) >= 11 is 5.99. The van der Waals surface area contributed by atoms with Gasteiger partial charge < -0.3 is 10.0 Å². The van der Waals surface area contributed by atoms with Gasteiger partial charge in [-0.1, -0.05) is 17.7 Å². The monoisotopic (exact) mass is 302 g/mol. The zero-order valence-electron chi connectivity index (χ0n) is 11.5. The molecule has 0 bridgehead atoms. The number of carboxylic acids is 1. The molecule has 0 spiro atoms. The maximum absolute atomic E-state index is 10.7. The number of anilines is 1. The van der Waals surface area contributed by atoms with Gasteiger partial charge in [0.1, 0.15) is 0 Å². The third-order valence-corrected chi connectivity index (χ3v) is 3.18. The standard InChI is InChI=1S/C16H15ClN2O2/c1-19(11-12-3-2-8-18-10-12)15-6-5-14(17)9-13(15)4-7-16(20)21/h2-10H,11H2,1H3,(H,20,21)/b7-4+. The first-order valence-corrected chi connectivity index (χ1v) is 6.74. The molecule has 1 aromatic carbocycles. The van der Waals surface area contributed by atoms with Gasteiger partial charge in [-0.3, -0.25) is 4.98 Å². The first-order valence-electron chi connectivity index (χ1n) is 6.37. The molecule has 0 aliphatic rings. The Kier molecular flexibility index (Phi) is 4.95. The summed E-state index contributed by atoms with van der Waals surface area (Å²) in [5, 5.41) is 9.34. The smallest absolute Gasteiger partial charge is 0.328 e. The minimum atomic E-state index is -0.990. The largest absolute Gasteiger partial charge is 0.478 e. The third-order valence-electron chi connectivity index (χ3n) is 2.95. The lowest BCUT2D eigenvalue weighted by Crippen LogP contribution is -2.17. The minimum absolute atomic E-state index is 0.568. The summed E-state index contributed by atoms with van der Waals surface area (Å²) in [5.74, 6) is -0.990. The summed E-state index contributed by atoms with van der Waals surface area (Å²) in [5.41, 5.74) is 2.74. The number of aliphatic carboxylic acids is 1. The fourth-order valence-corrected chi connectivity index (χ4v) is 2.20. The number of halogens is 1. The predicted octanol–water partition coefficient (Wildman–Crippen LogP) is 3.47. The van der Waals surface area contributed by atoms with Crippen LogP contribution in [-0.2, 0) is 11.3 Å². The van der Waals surface area contributed by atoms with Crippen LogP contribution in [-0.4, -0.2) is 23.1 Å². The molecular formula is C16H15ClN2O2. The summed E-state index contributed by atoms with van der Waals surface area (Å²) in [6, 6.07) is 9.29. The molecule has 0 aliphatic heterocycles. The normalized spacial score (nSPS) is 10.8. The number of nitrogens with zero attached hydrogens (tertiary/aromatic N) is 2. The Morgan fingerprint density at radius 2 is 2.24 bits per heavy atom. The molecule has 2 rings (SSSR count). The highest BCUT2D eigenvalue weighted by Crippen LogP contribution is 2.26. The number of hydrogen-bond acceptors (Lipinski definition) is 3. The average molecular weight is 303 g/mol. The van der Waals surface area contributed by atoms with Crippen molar-refractivity contribution in [2.24, 2.45) is 0 Å². The van der Waals surface area contributed by atoms with Crippen LogP contribution in [0.3, 0.4) is 0 Å². The number of pyridine rings is 1. The second kappa shape index (κ2) is 6.90. The van der Waals surface area contributed by atoms with E-state index in [0.717, 1.165) is 22.9 Å². The molecule has 1 N–H and O–H groups in total. The van der Waals surface area contributed by atoms with E-state index in [1.54, 1.807) is 30.6 Å². The van der Waals surface area contributed by atoms with Crippen molar-refractivity contribution in [1.82, 2.24) is 4.98 Å². The first kappa shape index (κ1) is 15.1. The summed E-state index contributed by atoms with van der Waals surface area (Å²) in [4.78, 5) is 16.8. The van der Waals surface area contributed by atoms with Crippen LogP contribution in [0, 0.1) is 0 Å². The fourth-order valence-electron chi connectivity index (χ4n) is 2.02. The van der Waals surface area contributed by atoms with Crippen LogP contribution >= 0.6 is 11.6 Å². The lowest BCUT2D eigenvalue weighted by Gasteiger charge is -2.21. The van der Waals surface area contributed by atoms with Crippen molar-refractivity contribution in [2.75, 3.05) is 11.9 Å². The second-order valence-corrected chi connectivity index (χ2v) is 5.03. The molecule has 1 heterocycles. The van der Waals surface area contributed by atoms with E-state index in [2.05, 4.69) is 4.98 Å². The molecule has 0 radical (unpaired) electrons. The van der Waals surface area contributed by atoms with Crippen LogP contribution in [0.5, 0.6) is 0 Å². The van der Waals surface area contributed by atoms with Gasteiger partial charge in [-0.2, -0.15) is 0 Å². The van der Waals surface area contributed by atoms with Crippen molar-refractivity contribution in [3.8, 4) is 0 Å². The van der Waals surface area contributed by atoms with E-state index in [0.29, 0.717) is 11.6 Å². The van der Waals surface area contributed by atoms with Crippen molar-refractivity contribution in [2.45, 2.75) is 6.54 Å². The number of benzene rings is 1. The van der Waals surface area contributed by atoms with Gasteiger partial charge in [-0.05, 0) is 41.5 Å². The van der Waals surface area contributed by atoms with E-state index in [1.807, 2.05) is 30.1 Å². The molecule has 0 fully saturated rings.